The monoisotopic (exact) mass is 320 g/mol. The zero-order chi connectivity index (χ0) is 15.8. The number of para-hydroxylation sites is 1. The van der Waals surface area contributed by atoms with Crippen LogP contribution in [0, 0.1) is 0 Å². The predicted octanol–water partition coefficient (Wildman–Crippen LogP) is 2.98. The second kappa shape index (κ2) is 8.83. The minimum Gasteiger partial charge on any atom is -0.346 e. The van der Waals surface area contributed by atoms with Crippen molar-refractivity contribution in [3.63, 3.8) is 0 Å². The topological polar surface area (TPSA) is 58.2 Å². The molecule has 1 aromatic carbocycles. The van der Waals surface area contributed by atoms with Crippen molar-refractivity contribution in [3.8, 4) is 0 Å². The van der Waals surface area contributed by atoms with Crippen molar-refractivity contribution in [1.82, 2.24) is 5.32 Å². The first-order valence-corrected chi connectivity index (χ1v) is 9.00. The number of thioether (sulfide) groups is 1. The first-order chi connectivity index (χ1) is 10.7. The molecular formula is C17H24N2O2S. The molecule has 4 nitrogen and oxygen atoms in total. The minimum absolute atomic E-state index is 0.0299. The fourth-order valence-electron chi connectivity index (χ4n) is 2.62. The van der Waals surface area contributed by atoms with Crippen molar-refractivity contribution in [2.75, 3.05) is 17.6 Å². The standard InChI is InChI=1S/C17H24N2O2S/c1-2-13-7-3-6-10-15(13)19-16(20)11-18-17(21)12-22-14-8-4-5-9-14/h3,6-7,10,14H,2,4-5,8-9,11-12H2,1H3,(H,18,21)(H,19,20). The fraction of sp³-hybridized carbons (Fsp3) is 0.529. The van der Waals surface area contributed by atoms with E-state index in [0.29, 0.717) is 11.0 Å². The van der Waals surface area contributed by atoms with Crippen molar-refractivity contribution >= 4 is 29.3 Å². The average Bonchev–Trinajstić information content (AvgIpc) is 3.05. The van der Waals surface area contributed by atoms with Gasteiger partial charge >= 0.3 is 0 Å². The van der Waals surface area contributed by atoms with Gasteiger partial charge in [-0.05, 0) is 30.9 Å². The Hall–Kier alpha value is -1.49. The number of hydrogen-bond donors (Lipinski definition) is 2. The highest BCUT2D eigenvalue weighted by Gasteiger charge is 2.16. The van der Waals surface area contributed by atoms with Crippen molar-refractivity contribution in [2.45, 2.75) is 44.3 Å². The molecule has 0 bridgehead atoms. The van der Waals surface area contributed by atoms with E-state index in [1.165, 1.54) is 25.7 Å². The van der Waals surface area contributed by atoms with Crippen molar-refractivity contribution in [2.24, 2.45) is 0 Å². The molecule has 22 heavy (non-hydrogen) atoms. The van der Waals surface area contributed by atoms with Crippen LogP contribution in [0.5, 0.6) is 0 Å². The minimum atomic E-state index is -0.180. The lowest BCUT2D eigenvalue weighted by atomic mass is 10.1. The molecule has 5 heteroatoms. The summed E-state index contributed by atoms with van der Waals surface area (Å²) >= 11 is 1.71. The number of benzene rings is 1. The predicted molar refractivity (Wildman–Crippen MR) is 92.2 cm³/mol. The van der Waals surface area contributed by atoms with Crippen LogP contribution in [0.15, 0.2) is 24.3 Å². The highest BCUT2D eigenvalue weighted by Crippen LogP contribution is 2.28. The maximum atomic E-state index is 11.9. The Bertz CT molecular complexity index is 513. The number of carbonyl (C=O) groups excluding carboxylic acids is 2. The van der Waals surface area contributed by atoms with Gasteiger partial charge in [0, 0.05) is 10.9 Å². The van der Waals surface area contributed by atoms with Gasteiger partial charge < -0.3 is 10.6 Å². The number of hydrogen-bond acceptors (Lipinski definition) is 3. The first kappa shape index (κ1) is 16.9. The van der Waals surface area contributed by atoms with E-state index >= 15 is 0 Å². The summed E-state index contributed by atoms with van der Waals surface area (Å²) in [6, 6.07) is 7.73. The van der Waals surface area contributed by atoms with Crippen LogP contribution in [0.2, 0.25) is 0 Å². The summed E-state index contributed by atoms with van der Waals surface area (Å²) in [5.41, 5.74) is 1.92. The summed E-state index contributed by atoms with van der Waals surface area (Å²) in [7, 11) is 0. The van der Waals surface area contributed by atoms with Gasteiger partial charge in [-0.15, -0.1) is 11.8 Å². The molecule has 0 aromatic heterocycles. The average molecular weight is 320 g/mol. The molecule has 1 aromatic rings. The summed E-state index contributed by atoms with van der Waals surface area (Å²) in [5, 5.41) is 6.17. The van der Waals surface area contributed by atoms with Crippen LogP contribution >= 0.6 is 11.8 Å². The normalized spacial score (nSPS) is 14.8. The second-order valence-corrected chi connectivity index (χ2v) is 6.84. The molecule has 0 spiro atoms. The zero-order valence-electron chi connectivity index (χ0n) is 13.1. The number of nitrogens with one attached hydrogen (secondary N) is 2. The molecule has 2 rings (SSSR count). The third kappa shape index (κ3) is 5.37. The molecule has 0 aliphatic heterocycles. The van der Waals surface area contributed by atoms with Gasteiger partial charge in [0.2, 0.25) is 11.8 Å². The highest BCUT2D eigenvalue weighted by atomic mass is 32.2. The third-order valence-electron chi connectivity index (χ3n) is 3.87. The molecule has 1 saturated carbocycles. The lowest BCUT2D eigenvalue weighted by molar-refractivity contribution is -0.122. The van der Waals surface area contributed by atoms with Crippen LogP contribution in [-0.2, 0) is 16.0 Å². The van der Waals surface area contributed by atoms with Crippen LogP contribution in [0.25, 0.3) is 0 Å². The van der Waals surface area contributed by atoms with Crippen molar-refractivity contribution < 1.29 is 9.59 Å². The second-order valence-electron chi connectivity index (χ2n) is 5.55. The van der Waals surface area contributed by atoms with Crippen LogP contribution < -0.4 is 10.6 Å². The number of rotatable bonds is 7. The lowest BCUT2D eigenvalue weighted by Gasteiger charge is -2.11. The Kier molecular flexibility index (Phi) is 6.77. The molecular weight excluding hydrogens is 296 g/mol. The largest absolute Gasteiger partial charge is 0.346 e. The van der Waals surface area contributed by atoms with Gasteiger partial charge in [0.15, 0.2) is 0 Å². The number of carbonyl (C=O) groups is 2. The zero-order valence-corrected chi connectivity index (χ0v) is 13.9. The van der Waals surface area contributed by atoms with E-state index in [1.54, 1.807) is 11.8 Å². The highest BCUT2D eigenvalue weighted by molar-refractivity contribution is 8.00. The third-order valence-corrected chi connectivity index (χ3v) is 5.24. The maximum absolute atomic E-state index is 11.9. The molecule has 1 fully saturated rings. The molecule has 0 unspecified atom stereocenters. The van der Waals surface area contributed by atoms with Gasteiger partial charge in [-0.3, -0.25) is 9.59 Å². The smallest absolute Gasteiger partial charge is 0.243 e. The molecule has 2 amide bonds. The van der Waals surface area contributed by atoms with E-state index in [4.69, 9.17) is 0 Å². The molecule has 120 valence electrons. The molecule has 2 N–H and O–H groups in total. The summed E-state index contributed by atoms with van der Waals surface area (Å²) in [6.45, 7) is 2.08. The number of amides is 2. The fourth-order valence-corrected chi connectivity index (χ4v) is 3.78. The SMILES string of the molecule is CCc1ccccc1NC(=O)CNC(=O)CSC1CCCC1. The van der Waals surface area contributed by atoms with E-state index in [0.717, 1.165) is 17.7 Å². The molecule has 1 aliphatic rings. The summed E-state index contributed by atoms with van der Waals surface area (Å²) < 4.78 is 0. The van der Waals surface area contributed by atoms with Gasteiger partial charge in [0.05, 0.1) is 12.3 Å². The van der Waals surface area contributed by atoms with Crippen LogP contribution in [-0.4, -0.2) is 29.4 Å². The Morgan fingerprint density at radius 3 is 2.64 bits per heavy atom. The Morgan fingerprint density at radius 2 is 1.91 bits per heavy atom. The van der Waals surface area contributed by atoms with E-state index in [9.17, 15) is 9.59 Å². The van der Waals surface area contributed by atoms with Gasteiger partial charge in [0.25, 0.3) is 0 Å². The maximum Gasteiger partial charge on any atom is 0.243 e. The Balaban J connectivity index is 1.69. The van der Waals surface area contributed by atoms with Gasteiger partial charge in [0.1, 0.15) is 0 Å². The summed E-state index contributed by atoms with van der Waals surface area (Å²) in [5.74, 6) is 0.208. The number of aryl methyl sites for hydroxylation is 1. The van der Waals surface area contributed by atoms with E-state index in [-0.39, 0.29) is 18.4 Å². The molecule has 0 saturated heterocycles. The van der Waals surface area contributed by atoms with Gasteiger partial charge in [-0.2, -0.15) is 0 Å². The van der Waals surface area contributed by atoms with Crippen LogP contribution in [0.1, 0.15) is 38.2 Å². The first-order valence-electron chi connectivity index (χ1n) is 7.95. The quantitative estimate of drug-likeness (QED) is 0.812. The van der Waals surface area contributed by atoms with Gasteiger partial charge in [-0.25, -0.2) is 0 Å². The van der Waals surface area contributed by atoms with Crippen molar-refractivity contribution in [1.29, 1.82) is 0 Å². The molecule has 0 atom stereocenters. The number of anilines is 1. The van der Waals surface area contributed by atoms with Gasteiger partial charge in [-0.1, -0.05) is 38.0 Å². The van der Waals surface area contributed by atoms with E-state index in [1.807, 2.05) is 31.2 Å². The summed E-state index contributed by atoms with van der Waals surface area (Å²) in [6.07, 6.45) is 5.84. The Morgan fingerprint density at radius 1 is 1.18 bits per heavy atom. The Labute approximate surface area is 136 Å². The lowest BCUT2D eigenvalue weighted by Crippen LogP contribution is -2.34. The molecule has 0 heterocycles. The van der Waals surface area contributed by atoms with E-state index < -0.39 is 0 Å². The van der Waals surface area contributed by atoms with Crippen molar-refractivity contribution in [3.05, 3.63) is 29.8 Å². The van der Waals surface area contributed by atoms with E-state index in [2.05, 4.69) is 10.6 Å². The van der Waals surface area contributed by atoms with Crippen LogP contribution in [0.3, 0.4) is 0 Å². The molecule has 0 radical (unpaired) electrons. The molecule has 1 aliphatic carbocycles. The summed E-state index contributed by atoms with van der Waals surface area (Å²) in [4.78, 5) is 23.7. The van der Waals surface area contributed by atoms with Crippen LogP contribution in [0.4, 0.5) is 5.69 Å².